The molecule has 0 aliphatic carbocycles. The molecule has 0 amide bonds. The molecule has 15 heavy (non-hydrogen) atoms. The number of rotatable bonds is 8. The van der Waals surface area contributed by atoms with Crippen LogP contribution in [0.3, 0.4) is 0 Å². The van der Waals surface area contributed by atoms with Gasteiger partial charge in [0.15, 0.2) is 0 Å². The average Bonchev–Trinajstić information content (AvgIpc) is 2.09. The van der Waals surface area contributed by atoms with Crippen LogP contribution < -0.4 is 5.73 Å². The fourth-order valence-corrected chi connectivity index (χ4v) is 1.83. The molecule has 4 N–H and O–H groups in total. The number of hydrogen-bond acceptors (Lipinski definition) is 4. The first-order valence-electron chi connectivity index (χ1n) is 6.02. The highest BCUT2D eigenvalue weighted by molar-refractivity contribution is 6.40. The van der Waals surface area contributed by atoms with Gasteiger partial charge in [-0.3, -0.25) is 0 Å². The van der Waals surface area contributed by atoms with E-state index in [0.29, 0.717) is 6.32 Å². The van der Waals surface area contributed by atoms with E-state index in [9.17, 15) is 0 Å². The summed E-state index contributed by atoms with van der Waals surface area (Å²) in [7, 11) is -1.15. The largest absolute Gasteiger partial charge is 0.451 e. The molecule has 1 atom stereocenters. The zero-order valence-corrected chi connectivity index (χ0v) is 9.44. The molecule has 0 spiro atoms. The maximum Gasteiger partial charge on any atom is 0.451 e. The van der Waals surface area contributed by atoms with Crippen molar-refractivity contribution in [3.05, 3.63) is 0 Å². The second-order valence-electron chi connectivity index (χ2n) is 4.51. The van der Waals surface area contributed by atoms with E-state index in [-0.39, 0.29) is 6.04 Å². The van der Waals surface area contributed by atoms with E-state index in [4.69, 9.17) is 15.8 Å². The lowest BCUT2D eigenvalue weighted by atomic mass is 9.83. The smallest absolute Gasteiger partial charge is 0.427 e. The van der Waals surface area contributed by atoms with Crippen molar-refractivity contribution in [3.8, 4) is 0 Å². The lowest BCUT2D eigenvalue weighted by Crippen LogP contribution is -2.39. The van der Waals surface area contributed by atoms with Crippen LogP contribution in [0, 0.1) is 0 Å². The number of nitrogens with zero attached hydrogens (tertiary/aromatic N) is 1. The Morgan fingerprint density at radius 2 is 1.93 bits per heavy atom. The molecule has 1 heterocycles. The summed E-state index contributed by atoms with van der Waals surface area (Å²) in [6, 6.07) is 0.279. The summed E-state index contributed by atoms with van der Waals surface area (Å²) < 4.78 is 0. The summed E-state index contributed by atoms with van der Waals surface area (Å²) in [4.78, 5) is 2.43. The van der Waals surface area contributed by atoms with Crippen LogP contribution in [0.4, 0.5) is 0 Å². The standard InChI is InChI=1S/C10H23BN2O2/c12-10(4-1-2-6-11(14)15)5-9-13-7-3-8-13/h10,14-15H,1-9,12H2. The summed E-state index contributed by atoms with van der Waals surface area (Å²) in [6.07, 6.45) is 5.73. The van der Waals surface area contributed by atoms with Crippen LogP contribution in [0.2, 0.25) is 6.32 Å². The second kappa shape index (κ2) is 7.22. The fourth-order valence-electron chi connectivity index (χ4n) is 1.83. The summed E-state index contributed by atoms with van der Waals surface area (Å²) in [5.41, 5.74) is 5.97. The third-order valence-electron chi connectivity index (χ3n) is 3.05. The van der Waals surface area contributed by atoms with E-state index >= 15 is 0 Å². The maximum atomic E-state index is 8.65. The fraction of sp³-hybridized carbons (Fsp3) is 1.00. The summed E-state index contributed by atoms with van der Waals surface area (Å²) in [5, 5.41) is 17.3. The van der Waals surface area contributed by atoms with Crippen LogP contribution in [-0.4, -0.2) is 47.7 Å². The van der Waals surface area contributed by atoms with Gasteiger partial charge in [-0.15, -0.1) is 0 Å². The number of unbranched alkanes of at least 4 members (excludes halogenated alkanes) is 1. The van der Waals surface area contributed by atoms with E-state index in [1.165, 1.54) is 19.5 Å². The summed E-state index contributed by atoms with van der Waals surface area (Å²) >= 11 is 0. The van der Waals surface area contributed by atoms with Gasteiger partial charge in [-0.1, -0.05) is 12.8 Å². The molecule has 0 radical (unpaired) electrons. The molecule has 0 bridgehead atoms. The van der Waals surface area contributed by atoms with E-state index < -0.39 is 7.12 Å². The highest BCUT2D eigenvalue weighted by Gasteiger charge is 2.14. The number of likely N-dealkylation sites (tertiary alicyclic amines) is 1. The van der Waals surface area contributed by atoms with Crippen molar-refractivity contribution in [1.29, 1.82) is 0 Å². The Kier molecular flexibility index (Phi) is 6.25. The molecule has 0 aromatic heterocycles. The van der Waals surface area contributed by atoms with Gasteiger partial charge in [0, 0.05) is 6.04 Å². The first-order valence-corrected chi connectivity index (χ1v) is 6.02. The molecule has 0 saturated carbocycles. The molecule has 88 valence electrons. The van der Waals surface area contributed by atoms with Crippen molar-refractivity contribution < 1.29 is 10.0 Å². The van der Waals surface area contributed by atoms with Crippen LogP contribution in [0.15, 0.2) is 0 Å². The Bertz CT molecular complexity index is 166. The molecule has 4 nitrogen and oxygen atoms in total. The highest BCUT2D eigenvalue weighted by atomic mass is 16.4. The topological polar surface area (TPSA) is 69.7 Å². The quantitative estimate of drug-likeness (QED) is 0.394. The normalized spacial score (nSPS) is 18.6. The van der Waals surface area contributed by atoms with Crippen LogP contribution in [0.5, 0.6) is 0 Å². The predicted octanol–water partition coefficient (Wildman–Crippen LogP) is 0.0526. The van der Waals surface area contributed by atoms with Gasteiger partial charge in [-0.05, 0) is 45.2 Å². The lowest BCUT2D eigenvalue weighted by molar-refractivity contribution is 0.174. The second-order valence-corrected chi connectivity index (χ2v) is 4.51. The van der Waals surface area contributed by atoms with Gasteiger partial charge in [0.05, 0.1) is 0 Å². The molecule has 1 unspecified atom stereocenters. The van der Waals surface area contributed by atoms with E-state index in [1.807, 2.05) is 0 Å². The molecular weight excluding hydrogens is 191 g/mol. The third-order valence-corrected chi connectivity index (χ3v) is 3.05. The van der Waals surface area contributed by atoms with Gasteiger partial charge < -0.3 is 20.7 Å². The molecule has 1 aliphatic heterocycles. The maximum absolute atomic E-state index is 8.65. The Hall–Kier alpha value is -0.0951. The molecule has 5 heteroatoms. The van der Waals surface area contributed by atoms with Gasteiger partial charge in [-0.25, -0.2) is 0 Å². The molecule has 1 saturated heterocycles. The van der Waals surface area contributed by atoms with Crippen molar-refractivity contribution in [2.24, 2.45) is 5.73 Å². The highest BCUT2D eigenvalue weighted by Crippen LogP contribution is 2.10. The van der Waals surface area contributed by atoms with Gasteiger partial charge >= 0.3 is 7.12 Å². The lowest BCUT2D eigenvalue weighted by Gasteiger charge is -2.31. The van der Waals surface area contributed by atoms with E-state index in [2.05, 4.69) is 4.90 Å². The Labute approximate surface area is 92.6 Å². The minimum absolute atomic E-state index is 0.279. The van der Waals surface area contributed by atoms with Gasteiger partial charge in [0.1, 0.15) is 0 Å². The van der Waals surface area contributed by atoms with Crippen LogP contribution >= 0.6 is 0 Å². The average molecular weight is 214 g/mol. The van der Waals surface area contributed by atoms with Crippen molar-refractivity contribution in [3.63, 3.8) is 0 Å². The van der Waals surface area contributed by atoms with Gasteiger partial charge in [0.25, 0.3) is 0 Å². The molecular formula is C10H23BN2O2. The van der Waals surface area contributed by atoms with Crippen molar-refractivity contribution >= 4 is 7.12 Å². The van der Waals surface area contributed by atoms with Crippen molar-refractivity contribution in [2.45, 2.75) is 44.5 Å². The summed E-state index contributed by atoms with van der Waals surface area (Å²) in [6.45, 7) is 3.61. The molecule has 0 aromatic rings. The van der Waals surface area contributed by atoms with E-state index in [0.717, 1.165) is 32.2 Å². The van der Waals surface area contributed by atoms with Crippen LogP contribution in [0.1, 0.15) is 32.1 Å². The van der Waals surface area contributed by atoms with Gasteiger partial charge in [0.2, 0.25) is 0 Å². The number of hydrogen-bond donors (Lipinski definition) is 3. The Morgan fingerprint density at radius 1 is 1.20 bits per heavy atom. The summed E-state index contributed by atoms with van der Waals surface area (Å²) in [5.74, 6) is 0. The Balaban J connectivity index is 1.86. The molecule has 1 fully saturated rings. The predicted molar refractivity (Wildman–Crippen MR) is 62.5 cm³/mol. The monoisotopic (exact) mass is 214 g/mol. The zero-order chi connectivity index (χ0) is 11.1. The van der Waals surface area contributed by atoms with Crippen LogP contribution in [0.25, 0.3) is 0 Å². The molecule has 1 rings (SSSR count). The minimum atomic E-state index is -1.15. The van der Waals surface area contributed by atoms with Crippen molar-refractivity contribution in [1.82, 2.24) is 4.90 Å². The third kappa shape index (κ3) is 6.15. The van der Waals surface area contributed by atoms with Crippen LogP contribution in [-0.2, 0) is 0 Å². The first kappa shape index (κ1) is 13.0. The number of nitrogens with two attached hydrogens (primary N) is 1. The molecule has 0 aromatic carbocycles. The first-order chi connectivity index (χ1) is 7.18. The minimum Gasteiger partial charge on any atom is -0.427 e. The zero-order valence-electron chi connectivity index (χ0n) is 9.44. The molecule has 1 aliphatic rings. The Morgan fingerprint density at radius 3 is 2.47 bits per heavy atom. The van der Waals surface area contributed by atoms with Gasteiger partial charge in [-0.2, -0.15) is 0 Å². The van der Waals surface area contributed by atoms with E-state index in [1.54, 1.807) is 0 Å². The van der Waals surface area contributed by atoms with Crippen molar-refractivity contribution in [2.75, 3.05) is 19.6 Å². The SMILES string of the molecule is NC(CCCCB(O)O)CCN1CCC1.